The molecule has 33 heavy (non-hydrogen) atoms. The van der Waals surface area contributed by atoms with E-state index in [2.05, 4.69) is 5.32 Å². The summed E-state index contributed by atoms with van der Waals surface area (Å²) >= 11 is 0. The second kappa shape index (κ2) is 8.02. The van der Waals surface area contributed by atoms with Gasteiger partial charge in [-0.05, 0) is 60.2 Å². The minimum absolute atomic E-state index is 0.170. The molecule has 0 atom stereocenters. The van der Waals surface area contributed by atoms with Gasteiger partial charge in [-0.25, -0.2) is 9.29 Å². The van der Waals surface area contributed by atoms with Crippen LogP contribution < -0.4 is 10.2 Å². The number of imide groups is 1. The molecule has 1 aliphatic heterocycles. The number of carbonyl (C=O) groups excluding carboxylic acids is 2. The SMILES string of the molecule is Cc1ccc(C2=C(Nc3cccc4ccccc34)C(=O)N(c3cccc(F)c3)C2=O)cc1C. The maximum Gasteiger partial charge on any atom is 0.282 e. The smallest absolute Gasteiger partial charge is 0.282 e. The molecule has 1 heterocycles. The molecule has 0 fully saturated rings. The Bertz CT molecular complexity index is 1470. The Morgan fingerprint density at radius 1 is 0.758 bits per heavy atom. The molecule has 4 nitrogen and oxygen atoms in total. The molecule has 0 aromatic heterocycles. The lowest BCUT2D eigenvalue weighted by atomic mass is 9.99. The number of carbonyl (C=O) groups is 2. The number of nitrogens with one attached hydrogen (secondary N) is 1. The second-order valence-electron chi connectivity index (χ2n) is 8.13. The van der Waals surface area contributed by atoms with E-state index in [-0.39, 0.29) is 17.0 Å². The van der Waals surface area contributed by atoms with Crippen LogP contribution in [0.1, 0.15) is 16.7 Å². The van der Waals surface area contributed by atoms with E-state index >= 15 is 0 Å². The summed E-state index contributed by atoms with van der Waals surface area (Å²) in [4.78, 5) is 28.2. The van der Waals surface area contributed by atoms with Gasteiger partial charge in [-0.3, -0.25) is 9.59 Å². The van der Waals surface area contributed by atoms with Gasteiger partial charge in [0.1, 0.15) is 11.5 Å². The van der Waals surface area contributed by atoms with Crippen molar-refractivity contribution in [2.75, 3.05) is 10.2 Å². The molecule has 0 bridgehead atoms. The van der Waals surface area contributed by atoms with E-state index in [9.17, 15) is 14.0 Å². The number of amides is 2. The fourth-order valence-electron chi connectivity index (χ4n) is 4.13. The molecule has 5 heteroatoms. The van der Waals surface area contributed by atoms with E-state index in [0.717, 1.165) is 26.8 Å². The van der Waals surface area contributed by atoms with Crippen LogP contribution in [0, 0.1) is 19.7 Å². The molecule has 5 rings (SSSR count). The first-order chi connectivity index (χ1) is 15.9. The van der Waals surface area contributed by atoms with E-state index in [1.807, 2.05) is 74.5 Å². The van der Waals surface area contributed by atoms with Gasteiger partial charge >= 0.3 is 0 Å². The number of nitrogens with zero attached hydrogens (tertiary/aromatic N) is 1. The van der Waals surface area contributed by atoms with Crippen LogP contribution in [-0.4, -0.2) is 11.8 Å². The minimum Gasteiger partial charge on any atom is -0.350 e. The van der Waals surface area contributed by atoms with Gasteiger partial charge in [-0.1, -0.05) is 60.7 Å². The lowest BCUT2D eigenvalue weighted by molar-refractivity contribution is -0.120. The Morgan fingerprint density at radius 3 is 2.30 bits per heavy atom. The summed E-state index contributed by atoms with van der Waals surface area (Å²) in [6.07, 6.45) is 0. The van der Waals surface area contributed by atoms with Gasteiger partial charge in [0.25, 0.3) is 11.8 Å². The molecule has 4 aromatic carbocycles. The number of hydrogen-bond donors (Lipinski definition) is 1. The van der Waals surface area contributed by atoms with E-state index < -0.39 is 17.6 Å². The molecule has 2 amide bonds. The highest BCUT2D eigenvalue weighted by atomic mass is 19.1. The van der Waals surface area contributed by atoms with Crippen molar-refractivity contribution >= 4 is 39.5 Å². The Kier molecular flexibility index (Phi) is 5.02. The van der Waals surface area contributed by atoms with Gasteiger partial charge < -0.3 is 5.32 Å². The molecule has 1 aliphatic rings. The second-order valence-corrected chi connectivity index (χ2v) is 8.13. The van der Waals surface area contributed by atoms with Gasteiger partial charge in [0, 0.05) is 11.1 Å². The summed E-state index contributed by atoms with van der Waals surface area (Å²) in [5.74, 6) is -1.53. The van der Waals surface area contributed by atoms with Gasteiger partial charge in [-0.2, -0.15) is 0 Å². The van der Waals surface area contributed by atoms with Crippen LogP contribution in [0.2, 0.25) is 0 Å². The summed E-state index contributed by atoms with van der Waals surface area (Å²) in [6, 6.07) is 24.7. The molecule has 4 aromatic rings. The van der Waals surface area contributed by atoms with Crippen molar-refractivity contribution < 1.29 is 14.0 Å². The molecule has 0 saturated heterocycles. The zero-order valence-corrected chi connectivity index (χ0v) is 18.2. The first-order valence-electron chi connectivity index (χ1n) is 10.6. The fourth-order valence-corrected chi connectivity index (χ4v) is 4.13. The number of anilines is 2. The lowest BCUT2D eigenvalue weighted by Crippen LogP contribution is -2.32. The highest BCUT2D eigenvalue weighted by Gasteiger charge is 2.40. The van der Waals surface area contributed by atoms with E-state index in [1.54, 1.807) is 6.07 Å². The minimum atomic E-state index is -0.522. The molecular weight excluding hydrogens is 415 g/mol. The van der Waals surface area contributed by atoms with Gasteiger partial charge in [0.15, 0.2) is 0 Å². The number of benzene rings is 4. The number of aryl methyl sites for hydroxylation is 2. The Balaban J connectivity index is 1.68. The van der Waals surface area contributed by atoms with Crippen molar-refractivity contribution in [3.63, 3.8) is 0 Å². The number of halogens is 1. The molecule has 1 N–H and O–H groups in total. The maximum absolute atomic E-state index is 13.9. The first kappa shape index (κ1) is 20.6. The number of rotatable bonds is 4. The van der Waals surface area contributed by atoms with Crippen LogP contribution in [0.5, 0.6) is 0 Å². The summed E-state index contributed by atoms with van der Waals surface area (Å²) in [5, 5.41) is 5.17. The van der Waals surface area contributed by atoms with Crippen molar-refractivity contribution in [1.82, 2.24) is 0 Å². The van der Waals surface area contributed by atoms with Crippen molar-refractivity contribution in [3.05, 3.63) is 113 Å². The van der Waals surface area contributed by atoms with Crippen molar-refractivity contribution in [1.29, 1.82) is 0 Å². The standard InChI is InChI=1S/C28H21FN2O2/c1-17-13-14-20(15-18(17)2)25-26(30-24-12-5-8-19-7-3-4-11-23(19)24)28(33)31(27(25)32)22-10-6-9-21(29)16-22/h3-16,30H,1-2H3. The summed E-state index contributed by atoms with van der Waals surface area (Å²) in [7, 11) is 0. The average molecular weight is 436 g/mol. The Labute approximate surface area is 191 Å². The summed E-state index contributed by atoms with van der Waals surface area (Å²) in [5.41, 5.74) is 4.07. The number of fused-ring (bicyclic) bond motifs is 1. The summed E-state index contributed by atoms with van der Waals surface area (Å²) in [6.45, 7) is 3.95. The normalized spacial score (nSPS) is 13.8. The topological polar surface area (TPSA) is 49.4 Å². The van der Waals surface area contributed by atoms with Crippen LogP contribution in [0.25, 0.3) is 16.3 Å². The molecule has 162 valence electrons. The molecule has 0 spiro atoms. The predicted molar refractivity (Wildman–Crippen MR) is 129 cm³/mol. The molecular formula is C28H21FN2O2. The zero-order valence-electron chi connectivity index (χ0n) is 18.2. The van der Waals surface area contributed by atoms with Crippen molar-refractivity contribution in [3.8, 4) is 0 Å². The Hall–Kier alpha value is -4.25. The average Bonchev–Trinajstić information content (AvgIpc) is 3.05. The van der Waals surface area contributed by atoms with E-state index in [0.29, 0.717) is 11.3 Å². The third-order valence-corrected chi connectivity index (χ3v) is 6.00. The van der Waals surface area contributed by atoms with Gasteiger partial charge in [0.2, 0.25) is 0 Å². The molecule has 0 aliphatic carbocycles. The zero-order chi connectivity index (χ0) is 23.1. The molecule has 0 saturated carbocycles. The van der Waals surface area contributed by atoms with Crippen molar-refractivity contribution in [2.45, 2.75) is 13.8 Å². The molecule has 0 unspecified atom stereocenters. The highest BCUT2D eigenvalue weighted by molar-refractivity contribution is 6.46. The highest BCUT2D eigenvalue weighted by Crippen LogP contribution is 2.35. The largest absolute Gasteiger partial charge is 0.350 e. The van der Waals surface area contributed by atoms with Crippen LogP contribution in [-0.2, 0) is 9.59 Å². The quantitative estimate of drug-likeness (QED) is 0.400. The summed E-state index contributed by atoms with van der Waals surface area (Å²) < 4.78 is 13.9. The lowest BCUT2D eigenvalue weighted by Gasteiger charge is -2.16. The van der Waals surface area contributed by atoms with Gasteiger partial charge in [-0.15, -0.1) is 0 Å². The van der Waals surface area contributed by atoms with Crippen LogP contribution in [0.3, 0.4) is 0 Å². The molecule has 0 radical (unpaired) electrons. The Morgan fingerprint density at radius 2 is 1.52 bits per heavy atom. The van der Waals surface area contributed by atoms with Gasteiger partial charge in [0.05, 0.1) is 11.3 Å². The monoisotopic (exact) mass is 436 g/mol. The number of hydrogen-bond acceptors (Lipinski definition) is 3. The van der Waals surface area contributed by atoms with Crippen LogP contribution >= 0.6 is 0 Å². The predicted octanol–water partition coefficient (Wildman–Crippen LogP) is 5.99. The first-order valence-corrected chi connectivity index (χ1v) is 10.6. The van der Waals surface area contributed by atoms with Crippen LogP contribution in [0.15, 0.2) is 90.6 Å². The van der Waals surface area contributed by atoms with E-state index in [4.69, 9.17) is 0 Å². The van der Waals surface area contributed by atoms with Crippen LogP contribution in [0.4, 0.5) is 15.8 Å². The maximum atomic E-state index is 13.9. The third kappa shape index (κ3) is 3.57. The van der Waals surface area contributed by atoms with Crippen molar-refractivity contribution in [2.24, 2.45) is 0 Å². The fraction of sp³-hybridized carbons (Fsp3) is 0.0714. The third-order valence-electron chi connectivity index (χ3n) is 6.00. The van der Waals surface area contributed by atoms with E-state index in [1.165, 1.54) is 18.2 Å².